The van der Waals surface area contributed by atoms with Crippen LogP contribution in [0.25, 0.3) is 0 Å². The quantitative estimate of drug-likeness (QED) is 0.675. The minimum atomic E-state index is -0.0296. The van der Waals surface area contributed by atoms with Crippen LogP contribution in [0.5, 0.6) is 0 Å². The molecule has 1 aliphatic heterocycles. The van der Waals surface area contributed by atoms with Gasteiger partial charge >= 0.3 is 0 Å². The van der Waals surface area contributed by atoms with Gasteiger partial charge in [-0.3, -0.25) is 9.59 Å². The van der Waals surface area contributed by atoms with E-state index in [-0.39, 0.29) is 17.9 Å². The van der Waals surface area contributed by atoms with Gasteiger partial charge in [0, 0.05) is 24.6 Å². The number of rotatable bonds is 3. The van der Waals surface area contributed by atoms with Crippen molar-refractivity contribution in [3.8, 4) is 0 Å². The number of amides is 2. The summed E-state index contributed by atoms with van der Waals surface area (Å²) >= 11 is 0. The van der Waals surface area contributed by atoms with Crippen molar-refractivity contribution in [3.05, 3.63) is 11.6 Å². The maximum absolute atomic E-state index is 11.6. The zero-order valence-electron chi connectivity index (χ0n) is 9.30. The smallest absolute Gasteiger partial charge is 0.246 e. The van der Waals surface area contributed by atoms with Crippen LogP contribution >= 0.6 is 0 Å². The van der Waals surface area contributed by atoms with Gasteiger partial charge in [0.2, 0.25) is 11.8 Å². The summed E-state index contributed by atoms with van der Waals surface area (Å²) in [5.74, 6) is 0.0410. The summed E-state index contributed by atoms with van der Waals surface area (Å²) in [6.45, 7) is 4.35. The summed E-state index contributed by atoms with van der Waals surface area (Å²) in [5, 5.41) is 5.64. The molecule has 0 aromatic heterocycles. The molecule has 0 bridgehead atoms. The molecular formula is C11H18N2O2. The van der Waals surface area contributed by atoms with Crippen molar-refractivity contribution >= 4 is 11.8 Å². The lowest BCUT2D eigenvalue weighted by Gasteiger charge is -2.23. The highest BCUT2D eigenvalue weighted by Crippen LogP contribution is 2.04. The van der Waals surface area contributed by atoms with Crippen LogP contribution in [-0.4, -0.2) is 24.4 Å². The van der Waals surface area contributed by atoms with Crippen molar-refractivity contribution in [1.29, 1.82) is 0 Å². The number of allylic oxidation sites excluding steroid dienone is 1. The Kier molecular flexibility index (Phi) is 4.34. The van der Waals surface area contributed by atoms with Gasteiger partial charge in [-0.25, -0.2) is 0 Å². The lowest BCUT2D eigenvalue weighted by molar-refractivity contribution is -0.124. The van der Waals surface area contributed by atoms with Crippen LogP contribution in [0.3, 0.4) is 0 Å². The van der Waals surface area contributed by atoms with E-state index in [4.69, 9.17) is 0 Å². The topological polar surface area (TPSA) is 58.2 Å². The number of piperidine rings is 1. The Bertz CT molecular complexity index is 274. The molecule has 4 nitrogen and oxygen atoms in total. The van der Waals surface area contributed by atoms with Crippen LogP contribution in [0, 0.1) is 0 Å². The molecule has 1 aliphatic rings. The van der Waals surface area contributed by atoms with E-state index in [0.717, 1.165) is 18.4 Å². The van der Waals surface area contributed by atoms with E-state index in [9.17, 15) is 9.59 Å². The molecule has 0 aromatic rings. The van der Waals surface area contributed by atoms with Crippen LogP contribution in [-0.2, 0) is 9.59 Å². The fourth-order valence-corrected chi connectivity index (χ4v) is 1.55. The van der Waals surface area contributed by atoms with Gasteiger partial charge in [0.15, 0.2) is 0 Å². The van der Waals surface area contributed by atoms with Crippen molar-refractivity contribution in [3.63, 3.8) is 0 Å². The first-order chi connectivity index (χ1) is 7.13. The SMILES string of the molecule is CCC=C(C)C(=O)NC1CCC(=O)NC1. The Morgan fingerprint density at radius 2 is 2.40 bits per heavy atom. The number of hydrogen-bond acceptors (Lipinski definition) is 2. The first-order valence-corrected chi connectivity index (χ1v) is 5.37. The highest BCUT2D eigenvalue weighted by Gasteiger charge is 2.19. The molecule has 1 rings (SSSR count). The number of carbonyl (C=O) groups is 2. The van der Waals surface area contributed by atoms with Crippen molar-refractivity contribution in [1.82, 2.24) is 10.6 Å². The van der Waals surface area contributed by atoms with Crippen LogP contribution in [0.2, 0.25) is 0 Å². The number of hydrogen-bond donors (Lipinski definition) is 2. The predicted molar refractivity (Wildman–Crippen MR) is 58.2 cm³/mol. The molecule has 15 heavy (non-hydrogen) atoms. The van der Waals surface area contributed by atoms with Crippen molar-refractivity contribution in [2.24, 2.45) is 0 Å². The largest absolute Gasteiger partial charge is 0.354 e. The summed E-state index contributed by atoms with van der Waals surface area (Å²) in [5.41, 5.74) is 0.745. The Balaban J connectivity index is 2.38. The molecule has 2 N–H and O–H groups in total. The van der Waals surface area contributed by atoms with E-state index in [1.165, 1.54) is 0 Å². The molecule has 1 fully saturated rings. The van der Waals surface area contributed by atoms with E-state index in [1.54, 1.807) is 6.92 Å². The van der Waals surface area contributed by atoms with Crippen molar-refractivity contribution in [2.75, 3.05) is 6.54 Å². The predicted octanol–water partition coefficient (Wildman–Crippen LogP) is 0.737. The second-order valence-corrected chi connectivity index (χ2v) is 3.81. The fourth-order valence-electron chi connectivity index (χ4n) is 1.55. The summed E-state index contributed by atoms with van der Waals surface area (Å²) < 4.78 is 0. The minimum absolute atomic E-state index is 0.0296. The summed E-state index contributed by atoms with van der Waals surface area (Å²) in [7, 11) is 0. The third-order valence-electron chi connectivity index (χ3n) is 2.47. The highest BCUT2D eigenvalue weighted by atomic mass is 16.2. The highest BCUT2D eigenvalue weighted by molar-refractivity contribution is 5.93. The molecular weight excluding hydrogens is 192 g/mol. The van der Waals surface area contributed by atoms with Gasteiger partial charge in [0.1, 0.15) is 0 Å². The Hall–Kier alpha value is -1.32. The molecule has 1 heterocycles. The molecule has 2 amide bonds. The Labute approximate surface area is 90.1 Å². The zero-order valence-corrected chi connectivity index (χ0v) is 9.30. The summed E-state index contributed by atoms with van der Waals surface area (Å²) in [4.78, 5) is 22.5. The van der Waals surface area contributed by atoms with Crippen LogP contribution in [0.4, 0.5) is 0 Å². The average Bonchev–Trinajstić information content (AvgIpc) is 2.22. The fraction of sp³-hybridized carbons (Fsp3) is 0.636. The maximum Gasteiger partial charge on any atom is 0.246 e. The average molecular weight is 210 g/mol. The summed E-state index contributed by atoms with van der Waals surface area (Å²) in [6.07, 6.45) is 4.00. The molecule has 1 unspecified atom stereocenters. The molecule has 1 saturated heterocycles. The third-order valence-corrected chi connectivity index (χ3v) is 2.47. The third kappa shape index (κ3) is 3.73. The van der Waals surface area contributed by atoms with Gasteiger partial charge < -0.3 is 10.6 Å². The molecule has 0 spiro atoms. The molecule has 84 valence electrons. The monoisotopic (exact) mass is 210 g/mol. The minimum Gasteiger partial charge on any atom is -0.354 e. The first-order valence-electron chi connectivity index (χ1n) is 5.37. The summed E-state index contributed by atoms with van der Waals surface area (Å²) in [6, 6.07) is 0.0791. The van der Waals surface area contributed by atoms with Gasteiger partial charge in [-0.2, -0.15) is 0 Å². The lowest BCUT2D eigenvalue weighted by atomic mass is 10.1. The zero-order chi connectivity index (χ0) is 11.3. The van der Waals surface area contributed by atoms with E-state index in [0.29, 0.717) is 13.0 Å². The van der Waals surface area contributed by atoms with E-state index in [2.05, 4.69) is 10.6 Å². The van der Waals surface area contributed by atoms with E-state index >= 15 is 0 Å². The van der Waals surface area contributed by atoms with Gasteiger partial charge in [0.25, 0.3) is 0 Å². The maximum atomic E-state index is 11.6. The standard InChI is InChI=1S/C11H18N2O2/c1-3-4-8(2)11(15)13-9-5-6-10(14)12-7-9/h4,9H,3,5-7H2,1-2H3,(H,12,14)(H,13,15). The van der Waals surface area contributed by atoms with E-state index < -0.39 is 0 Å². The van der Waals surface area contributed by atoms with Gasteiger partial charge in [-0.1, -0.05) is 13.0 Å². The first kappa shape index (κ1) is 11.8. The molecule has 0 radical (unpaired) electrons. The molecule has 0 aromatic carbocycles. The van der Waals surface area contributed by atoms with Gasteiger partial charge in [-0.15, -0.1) is 0 Å². The molecule has 1 atom stereocenters. The number of nitrogens with one attached hydrogen (secondary N) is 2. The second kappa shape index (κ2) is 5.53. The molecule has 0 saturated carbocycles. The second-order valence-electron chi connectivity index (χ2n) is 3.81. The number of carbonyl (C=O) groups excluding carboxylic acids is 2. The molecule has 4 heteroatoms. The van der Waals surface area contributed by atoms with Crippen molar-refractivity contribution in [2.45, 2.75) is 39.2 Å². The van der Waals surface area contributed by atoms with Crippen LogP contribution in [0.15, 0.2) is 11.6 Å². The van der Waals surface area contributed by atoms with Crippen LogP contribution < -0.4 is 10.6 Å². The normalized spacial score (nSPS) is 22.1. The van der Waals surface area contributed by atoms with Gasteiger partial charge in [-0.05, 0) is 19.8 Å². The Morgan fingerprint density at radius 1 is 1.67 bits per heavy atom. The van der Waals surface area contributed by atoms with Gasteiger partial charge in [0.05, 0.1) is 0 Å². The lowest BCUT2D eigenvalue weighted by Crippen LogP contribution is -2.47. The van der Waals surface area contributed by atoms with E-state index in [1.807, 2.05) is 13.0 Å². The van der Waals surface area contributed by atoms with Crippen molar-refractivity contribution < 1.29 is 9.59 Å². The van der Waals surface area contributed by atoms with Crippen LogP contribution in [0.1, 0.15) is 33.1 Å². The Morgan fingerprint density at radius 3 is 2.93 bits per heavy atom. The molecule has 0 aliphatic carbocycles.